The summed E-state index contributed by atoms with van der Waals surface area (Å²) >= 11 is 2.97. The number of carbonyl (C=O) groups is 2. The Morgan fingerprint density at radius 1 is 1.47 bits per heavy atom. The van der Waals surface area contributed by atoms with Crippen LogP contribution in [0.2, 0.25) is 0 Å². The molecule has 0 unspecified atom stereocenters. The Labute approximate surface area is 105 Å². The summed E-state index contributed by atoms with van der Waals surface area (Å²) in [7, 11) is 0. The molecule has 0 radical (unpaired) electrons. The van der Waals surface area contributed by atoms with Gasteiger partial charge in [-0.05, 0) is 41.1 Å². The maximum Gasteiger partial charge on any atom is 0.325 e. The predicted octanol–water partition coefficient (Wildman–Crippen LogP) is 2.18. The van der Waals surface area contributed by atoms with E-state index in [-0.39, 0.29) is 10.2 Å². The minimum absolute atomic E-state index is 0.237. The van der Waals surface area contributed by atoms with E-state index in [0.717, 1.165) is 6.07 Å². The quantitative estimate of drug-likeness (QED) is 0.801. The van der Waals surface area contributed by atoms with Gasteiger partial charge in [-0.15, -0.1) is 0 Å². The number of hydrogen-bond donors (Lipinski definition) is 3. The highest BCUT2D eigenvalue weighted by molar-refractivity contribution is 9.10. The molecule has 0 aliphatic rings. The Morgan fingerprint density at radius 3 is 2.65 bits per heavy atom. The average molecular weight is 305 g/mol. The Kier molecular flexibility index (Phi) is 4.45. The zero-order chi connectivity index (χ0) is 13.0. The van der Waals surface area contributed by atoms with Crippen molar-refractivity contribution in [1.29, 1.82) is 0 Å². The first-order chi connectivity index (χ1) is 7.90. The highest BCUT2D eigenvalue weighted by Crippen LogP contribution is 2.19. The number of nitrogens with one attached hydrogen (secondary N) is 2. The lowest BCUT2D eigenvalue weighted by Gasteiger charge is -2.10. The van der Waals surface area contributed by atoms with E-state index in [4.69, 9.17) is 5.11 Å². The first-order valence-electron chi connectivity index (χ1n) is 4.65. The lowest BCUT2D eigenvalue weighted by atomic mass is 10.3. The molecule has 1 aromatic carbocycles. The first kappa shape index (κ1) is 13.4. The number of halogens is 2. The molecule has 5 nitrogen and oxygen atoms in total. The third-order valence-electron chi connectivity index (χ3n) is 1.90. The van der Waals surface area contributed by atoms with Gasteiger partial charge in [0.25, 0.3) is 0 Å². The van der Waals surface area contributed by atoms with Gasteiger partial charge in [-0.25, -0.2) is 9.18 Å². The molecular formula is C10H10BrFN2O3. The van der Waals surface area contributed by atoms with Crippen molar-refractivity contribution in [3.63, 3.8) is 0 Å². The van der Waals surface area contributed by atoms with Crippen LogP contribution in [0.5, 0.6) is 0 Å². The fraction of sp³-hybridized carbons (Fsp3) is 0.200. The van der Waals surface area contributed by atoms with Gasteiger partial charge in [-0.3, -0.25) is 4.79 Å². The van der Waals surface area contributed by atoms with Crippen molar-refractivity contribution >= 4 is 33.6 Å². The molecule has 0 bridgehead atoms. The van der Waals surface area contributed by atoms with Crippen molar-refractivity contribution in [2.24, 2.45) is 0 Å². The highest BCUT2D eigenvalue weighted by Gasteiger charge is 2.13. The summed E-state index contributed by atoms with van der Waals surface area (Å²) in [5, 5.41) is 13.1. The van der Waals surface area contributed by atoms with Crippen LogP contribution in [-0.2, 0) is 4.79 Å². The molecule has 3 N–H and O–H groups in total. The SMILES string of the molecule is C[C@H](NC(=O)Nc1ccc(Br)c(F)c1)C(=O)O. The number of benzene rings is 1. The summed E-state index contributed by atoms with van der Waals surface area (Å²) in [5.41, 5.74) is 0.237. The second kappa shape index (κ2) is 5.62. The standard InChI is InChI=1S/C10H10BrFN2O3/c1-5(9(15)16)13-10(17)14-6-2-3-7(11)8(12)4-6/h2-5H,1H3,(H,15,16)(H2,13,14,17)/t5-/m0/s1. The average Bonchev–Trinajstić information content (AvgIpc) is 2.23. The van der Waals surface area contributed by atoms with E-state index in [0.29, 0.717) is 0 Å². The minimum Gasteiger partial charge on any atom is -0.480 e. The first-order valence-corrected chi connectivity index (χ1v) is 5.45. The molecule has 17 heavy (non-hydrogen) atoms. The summed E-state index contributed by atoms with van der Waals surface area (Å²) in [5.74, 6) is -1.67. The molecule has 0 aromatic heterocycles. The van der Waals surface area contributed by atoms with E-state index in [1.165, 1.54) is 19.1 Å². The third-order valence-corrected chi connectivity index (χ3v) is 2.54. The summed E-state index contributed by atoms with van der Waals surface area (Å²) in [6, 6.07) is 2.32. The largest absolute Gasteiger partial charge is 0.480 e. The molecule has 0 saturated carbocycles. The van der Waals surface area contributed by atoms with Gasteiger partial charge in [0.2, 0.25) is 0 Å². The highest BCUT2D eigenvalue weighted by atomic mass is 79.9. The topological polar surface area (TPSA) is 78.4 Å². The molecule has 0 aliphatic heterocycles. The molecule has 0 spiro atoms. The molecule has 7 heteroatoms. The number of aliphatic carboxylic acids is 1. The normalized spacial score (nSPS) is 11.7. The number of anilines is 1. The monoisotopic (exact) mass is 304 g/mol. The van der Waals surface area contributed by atoms with Crippen LogP contribution in [0, 0.1) is 5.82 Å². The minimum atomic E-state index is -1.15. The van der Waals surface area contributed by atoms with Gasteiger partial charge < -0.3 is 15.7 Å². The summed E-state index contributed by atoms with van der Waals surface area (Å²) in [6.07, 6.45) is 0. The second-order valence-corrected chi connectivity index (χ2v) is 4.14. The molecule has 1 atom stereocenters. The van der Waals surface area contributed by atoms with E-state index < -0.39 is 23.9 Å². The maximum atomic E-state index is 13.1. The van der Waals surface area contributed by atoms with Crippen molar-refractivity contribution in [2.45, 2.75) is 13.0 Å². The van der Waals surface area contributed by atoms with Crippen molar-refractivity contribution < 1.29 is 19.1 Å². The lowest BCUT2D eigenvalue weighted by molar-refractivity contribution is -0.138. The van der Waals surface area contributed by atoms with Crippen LogP contribution in [0.4, 0.5) is 14.9 Å². The van der Waals surface area contributed by atoms with Gasteiger partial charge in [0, 0.05) is 5.69 Å². The third kappa shape index (κ3) is 4.03. The van der Waals surface area contributed by atoms with Gasteiger partial charge in [0.05, 0.1) is 4.47 Å². The van der Waals surface area contributed by atoms with E-state index in [9.17, 15) is 14.0 Å². The van der Waals surface area contributed by atoms with Gasteiger partial charge in [0.1, 0.15) is 11.9 Å². The number of carbonyl (C=O) groups excluding carboxylic acids is 1. The van der Waals surface area contributed by atoms with Crippen molar-refractivity contribution in [2.75, 3.05) is 5.32 Å². The number of hydrogen-bond acceptors (Lipinski definition) is 2. The molecule has 1 rings (SSSR count). The Hall–Kier alpha value is -1.63. The number of rotatable bonds is 3. The lowest BCUT2D eigenvalue weighted by Crippen LogP contribution is -2.40. The van der Waals surface area contributed by atoms with Gasteiger partial charge in [-0.1, -0.05) is 0 Å². The van der Waals surface area contributed by atoms with Gasteiger partial charge in [-0.2, -0.15) is 0 Å². The number of urea groups is 1. The second-order valence-electron chi connectivity index (χ2n) is 3.29. The Bertz CT molecular complexity index is 453. The summed E-state index contributed by atoms with van der Waals surface area (Å²) in [6.45, 7) is 1.32. The molecule has 0 heterocycles. The van der Waals surface area contributed by atoms with Gasteiger partial charge in [0.15, 0.2) is 0 Å². The van der Waals surface area contributed by atoms with Gasteiger partial charge >= 0.3 is 12.0 Å². The van der Waals surface area contributed by atoms with Crippen LogP contribution in [0.3, 0.4) is 0 Å². The van der Waals surface area contributed by atoms with E-state index in [2.05, 4.69) is 26.6 Å². The zero-order valence-corrected chi connectivity index (χ0v) is 10.4. The number of carboxylic acids is 1. The number of carboxylic acid groups (broad SMARTS) is 1. The van der Waals surface area contributed by atoms with Crippen molar-refractivity contribution in [1.82, 2.24) is 5.32 Å². The molecule has 92 valence electrons. The fourth-order valence-electron chi connectivity index (χ4n) is 0.999. The van der Waals surface area contributed by atoms with Crippen LogP contribution in [0.1, 0.15) is 6.92 Å². The molecule has 1 aromatic rings. The van der Waals surface area contributed by atoms with E-state index in [1.54, 1.807) is 0 Å². The molecule has 2 amide bonds. The number of amides is 2. The molecule has 0 aliphatic carbocycles. The van der Waals surface area contributed by atoms with Crippen LogP contribution in [-0.4, -0.2) is 23.1 Å². The van der Waals surface area contributed by atoms with Crippen LogP contribution >= 0.6 is 15.9 Å². The van der Waals surface area contributed by atoms with Crippen LogP contribution in [0.25, 0.3) is 0 Å². The zero-order valence-electron chi connectivity index (χ0n) is 8.83. The van der Waals surface area contributed by atoms with Crippen molar-refractivity contribution in [3.05, 3.63) is 28.5 Å². The van der Waals surface area contributed by atoms with E-state index >= 15 is 0 Å². The summed E-state index contributed by atoms with van der Waals surface area (Å²) < 4.78 is 13.4. The summed E-state index contributed by atoms with van der Waals surface area (Å²) in [4.78, 5) is 21.8. The van der Waals surface area contributed by atoms with Crippen LogP contribution < -0.4 is 10.6 Å². The Morgan fingerprint density at radius 2 is 2.12 bits per heavy atom. The predicted molar refractivity (Wildman–Crippen MR) is 63.4 cm³/mol. The fourth-order valence-corrected chi connectivity index (χ4v) is 1.25. The van der Waals surface area contributed by atoms with E-state index in [1.807, 2.05) is 0 Å². The molecule has 0 saturated heterocycles. The van der Waals surface area contributed by atoms with Crippen LogP contribution in [0.15, 0.2) is 22.7 Å². The van der Waals surface area contributed by atoms with Crippen molar-refractivity contribution in [3.8, 4) is 0 Å². The molecular weight excluding hydrogens is 295 g/mol. The smallest absolute Gasteiger partial charge is 0.325 e. The maximum absolute atomic E-state index is 13.1. The molecule has 0 fully saturated rings. The Balaban J connectivity index is 2.62.